The Morgan fingerprint density at radius 2 is 1.78 bits per heavy atom. The minimum atomic E-state index is -0.782. The monoisotopic (exact) mass is 456 g/mol. The van der Waals surface area contributed by atoms with Crippen LogP contribution >= 0.6 is 11.3 Å². The van der Waals surface area contributed by atoms with E-state index in [1.165, 1.54) is 12.8 Å². The molecule has 0 radical (unpaired) electrons. The molecular weight excluding hydrogens is 416 g/mol. The van der Waals surface area contributed by atoms with Crippen LogP contribution in [0.3, 0.4) is 0 Å². The first-order valence-electron chi connectivity index (χ1n) is 12.8. The van der Waals surface area contributed by atoms with Crippen LogP contribution in [0.5, 0.6) is 0 Å². The predicted octanol–water partition coefficient (Wildman–Crippen LogP) is 5.23. The highest BCUT2D eigenvalue weighted by atomic mass is 32.1. The smallest absolute Gasteiger partial charge is 0.0768 e. The molecule has 0 spiro atoms. The third-order valence-corrected chi connectivity index (χ3v) is 11.4. The average Bonchev–Trinajstić information content (AvgIpc) is 3.37. The molecule has 1 heterocycles. The third-order valence-electron chi connectivity index (χ3n) is 10.6. The Labute approximate surface area is 197 Å². The topological polar surface area (TPSA) is 60.7 Å². The van der Waals surface area contributed by atoms with Crippen molar-refractivity contribution in [2.24, 2.45) is 40.4 Å². The van der Waals surface area contributed by atoms with Crippen molar-refractivity contribution < 1.29 is 15.3 Å². The van der Waals surface area contributed by atoms with Crippen molar-refractivity contribution in [2.75, 3.05) is 0 Å². The molecule has 0 bridgehead atoms. The highest BCUT2D eigenvalue weighted by Gasteiger charge is 2.63. The molecule has 32 heavy (non-hydrogen) atoms. The molecule has 4 aliphatic carbocycles. The molecule has 0 aromatic carbocycles. The van der Waals surface area contributed by atoms with Gasteiger partial charge in [0.2, 0.25) is 0 Å². The van der Waals surface area contributed by atoms with E-state index in [0.717, 1.165) is 43.4 Å². The zero-order valence-electron chi connectivity index (χ0n) is 19.9. The van der Waals surface area contributed by atoms with E-state index in [1.807, 2.05) is 24.4 Å². The molecule has 4 heteroatoms. The molecular formula is C28H40O3S. The maximum absolute atomic E-state index is 11.6. The molecule has 4 fully saturated rings. The Bertz CT molecular complexity index is 882. The van der Waals surface area contributed by atoms with Crippen LogP contribution in [-0.2, 0) is 0 Å². The quantitative estimate of drug-likeness (QED) is 0.534. The molecule has 0 saturated heterocycles. The summed E-state index contributed by atoms with van der Waals surface area (Å²) < 4.78 is 0. The van der Waals surface area contributed by atoms with Gasteiger partial charge in [0.15, 0.2) is 0 Å². The summed E-state index contributed by atoms with van der Waals surface area (Å²) in [5, 5.41) is 35.1. The minimum Gasteiger partial charge on any atom is -0.393 e. The second kappa shape index (κ2) is 8.12. The summed E-state index contributed by atoms with van der Waals surface area (Å²) in [5.74, 6) is 8.76. The van der Waals surface area contributed by atoms with Gasteiger partial charge in [-0.2, -0.15) is 0 Å². The van der Waals surface area contributed by atoms with Gasteiger partial charge in [0, 0.05) is 6.42 Å². The molecule has 4 saturated carbocycles. The SMILES string of the molecule is CC(O)(CC#Cc1cccs1)[C@H]1CC[C@H]2[C@@H]3C[C@H](O)[C@H]4C[C@@H](O)CC[C@]4(C)[C@H]3CC[C@]12C. The van der Waals surface area contributed by atoms with Crippen LogP contribution in [0.1, 0.15) is 83.4 Å². The molecule has 0 aliphatic heterocycles. The van der Waals surface area contributed by atoms with Crippen LogP contribution in [0.25, 0.3) is 0 Å². The molecule has 3 N–H and O–H groups in total. The summed E-state index contributed by atoms with van der Waals surface area (Å²) in [7, 11) is 0. The number of hydrogen-bond acceptors (Lipinski definition) is 4. The molecule has 1 aromatic heterocycles. The Balaban J connectivity index is 1.36. The summed E-state index contributed by atoms with van der Waals surface area (Å²) >= 11 is 1.65. The van der Waals surface area contributed by atoms with Crippen molar-refractivity contribution in [1.82, 2.24) is 0 Å². The van der Waals surface area contributed by atoms with Crippen molar-refractivity contribution in [3.8, 4) is 11.8 Å². The number of aliphatic hydroxyl groups excluding tert-OH is 2. The molecule has 1 aromatic rings. The maximum atomic E-state index is 11.6. The first-order valence-corrected chi connectivity index (χ1v) is 13.6. The van der Waals surface area contributed by atoms with Crippen molar-refractivity contribution >= 4 is 11.3 Å². The van der Waals surface area contributed by atoms with Gasteiger partial charge in [0.1, 0.15) is 0 Å². The van der Waals surface area contributed by atoms with Crippen LogP contribution in [0.15, 0.2) is 17.5 Å². The van der Waals surface area contributed by atoms with E-state index in [-0.39, 0.29) is 34.9 Å². The Hall–Kier alpha value is -0.860. The van der Waals surface area contributed by atoms with Crippen LogP contribution in [-0.4, -0.2) is 33.1 Å². The molecule has 176 valence electrons. The lowest BCUT2D eigenvalue weighted by Gasteiger charge is -2.62. The highest BCUT2D eigenvalue weighted by Crippen LogP contribution is 2.68. The number of aliphatic hydroxyl groups is 3. The fourth-order valence-corrected chi connectivity index (χ4v) is 9.67. The van der Waals surface area contributed by atoms with E-state index in [9.17, 15) is 15.3 Å². The van der Waals surface area contributed by atoms with Gasteiger partial charge in [-0.1, -0.05) is 31.8 Å². The lowest BCUT2D eigenvalue weighted by molar-refractivity contribution is -0.178. The van der Waals surface area contributed by atoms with Gasteiger partial charge in [-0.05, 0) is 110 Å². The Morgan fingerprint density at radius 3 is 2.53 bits per heavy atom. The molecule has 5 rings (SSSR count). The normalized spacial score (nSPS) is 47.4. The van der Waals surface area contributed by atoms with Gasteiger partial charge in [0.25, 0.3) is 0 Å². The van der Waals surface area contributed by atoms with Crippen LogP contribution in [0.4, 0.5) is 0 Å². The van der Waals surface area contributed by atoms with E-state index >= 15 is 0 Å². The predicted molar refractivity (Wildman–Crippen MR) is 129 cm³/mol. The Morgan fingerprint density at radius 1 is 1.03 bits per heavy atom. The number of rotatable bonds is 2. The standard InChI is InChI=1S/C28H40O3S/c1-26-13-10-18(29)16-23(26)24(30)17-20-21-8-9-25(27(21,2)14-11-22(20)26)28(3,31)12-4-6-19-7-5-15-32-19/h5,7,15,18,20-25,29-31H,8-14,16-17H2,1-3H3/t18-,20-,21-,22-,23+,24-,25-,26+,27-,28?/m0/s1. The molecule has 3 nitrogen and oxygen atoms in total. The third kappa shape index (κ3) is 3.59. The van der Waals surface area contributed by atoms with Gasteiger partial charge in [-0.3, -0.25) is 0 Å². The number of fused-ring (bicyclic) bond motifs is 5. The first-order chi connectivity index (χ1) is 15.1. The Kier molecular flexibility index (Phi) is 5.81. The second-order valence-corrected chi connectivity index (χ2v) is 13.2. The number of thiophene rings is 1. The van der Waals surface area contributed by atoms with E-state index in [2.05, 4.69) is 25.7 Å². The van der Waals surface area contributed by atoms with Gasteiger partial charge in [-0.25, -0.2) is 0 Å². The summed E-state index contributed by atoms with van der Waals surface area (Å²) in [6.07, 6.45) is 8.13. The summed E-state index contributed by atoms with van der Waals surface area (Å²) in [4.78, 5) is 1.06. The molecule has 4 aliphatic rings. The largest absolute Gasteiger partial charge is 0.393 e. The van der Waals surface area contributed by atoms with Crippen LogP contribution < -0.4 is 0 Å². The van der Waals surface area contributed by atoms with Crippen molar-refractivity contribution in [3.63, 3.8) is 0 Å². The lowest BCUT2D eigenvalue weighted by atomic mass is 9.43. The van der Waals surface area contributed by atoms with E-state index in [0.29, 0.717) is 24.2 Å². The molecule has 0 amide bonds. The highest BCUT2D eigenvalue weighted by molar-refractivity contribution is 7.10. The van der Waals surface area contributed by atoms with Gasteiger partial charge in [0.05, 0.1) is 22.7 Å². The van der Waals surface area contributed by atoms with Crippen molar-refractivity contribution in [1.29, 1.82) is 0 Å². The number of hydrogen-bond donors (Lipinski definition) is 3. The van der Waals surface area contributed by atoms with E-state index in [1.54, 1.807) is 11.3 Å². The summed E-state index contributed by atoms with van der Waals surface area (Å²) in [6, 6.07) is 4.05. The van der Waals surface area contributed by atoms with Gasteiger partial charge < -0.3 is 15.3 Å². The fraction of sp³-hybridized carbons (Fsp3) is 0.786. The summed E-state index contributed by atoms with van der Waals surface area (Å²) in [5.41, 5.74) is -0.517. The van der Waals surface area contributed by atoms with Gasteiger partial charge in [-0.15, -0.1) is 11.3 Å². The fourth-order valence-electron chi connectivity index (χ4n) is 9.08. The zero-order chi connectivity index (χ0) is 22.7. The lowest BCUT2D eigenvalue weighted by Crippen LogP contribution is -2.59. The molecule has 1 unspecified atom stereocenters. The molecule has 10 atom stereocenters. The van der Waals surface area contributed by atoms with Crippen LogP contribution in [0.2, 0.25) is 0 Å². The van der Waals surface area contributed by atoms with Crippen LogP contribution in [0, 0.1) is 52.3 Å². The van der Waals surface area contributed by atoms with Crippen molar-refractivity contribution in [3.05, 3.63) is 22.4 Å². The summed E-state index contributed by atoms with van der Waals surface area (Å²) in [6.45, 7) is 6.85. The van der Waals surface area contributed by atoms with Gasteiger partial charge >= 0.3 is 0 Å². The van der Waals surface area contributed by atoms with E-state index in [4.69, 9.17) is 0 Å². The maximum Gasteiger partial charge on any atom is 0.0768 e. The van der Waals surface area contributed by atoms with E-state index < -0.39 is 5.60 Å². The minimum absolute atomic E-state index is 0.117. The first kappa shape index (κ1) is 22.9. The second-order valence-electron chi connectivity index (χ2n) is 12.2. The average molecular weight is 457 g/mol. The zero-order valence-corrected chi connectivity index (χ0v) is 20.7. The van der Waals surface area contributed by atoms with Crippen molar-refractivity contribution in [2.45, 2.75) is 96.4 Å².